The number of aryl methyl sites for hydroxylation is 1. The Balaban J connectivity index is 1.66. The summed E-state index contributed by atoms with van der Waals surface area (Å²) in [5.41, 5.74) is 1.45. The van der Waals surface area contributed by atoms with Gasteiger partial charge in [-0.25, -0.2) is 13.4 Å². The van der Waals surface area contributed by atoms with Gasteiger partial charge in [-0.05, 0) is 42.3 Å². The first-order valence-electron chi connectivity index (χ1n) is 9.50. The van der Waals surface area contributed by atoms with Crippen LogP contribution in [0.5, 0.6) is 0 Å². The predicted molar refractivity (Wildman–Crippen MR) is 123 cm³/mol. The van der Waals surface area contributed by atoms with E-state index in [1.165, 1.54) is 4.31 Å². The molecule has 0 bridgehead atoms. The summed E-state index contributed by atoms with van der Waals surface area (Å²) in [7, 11) is -3.59. The van der Waals surface area contributed by atoms with Gasteiger partial charge in [-0.3, -0.25) is 9.10 Å². The Hall–Kier alpha value is -2.55. The van der Waals surface area contributed by atoms with Gasteiger partial charge in [0.1, 0.15) is 0 Å². The van der Waals surface area contributed by atoms with Crippen molar-refractivity contribution in [3.63, 3.8) is 0 Å². The van der Waals surface area contributed by atoms with E-state index in [4.69, 9.17) is 23.2 Å². The van der Waals surface area contributed by atoms with Crippen molar-refractivity contribution in [2.24, 2.45) is 0 Å². The van der Waals surface area contributed by atoms with Crippen molar-refractivity contribution >= 4 is 44.8 Å². The number of halogens is 2. The lowest BCUT2D eigenvalue weighted by atomic mass is 10.1. The van der Waals surface area contributed by atoms with E-state index in [1.807, 2.05) is 10.8 Å². The lowest BCUT2D eigenvalue weighted by Crippen LogP contribution is -2.29. The van der Waals surface area contributed by atoms with Crippen molar-refractivity contribution in [2.45, 2.75) is 19.5 Å². The normalized spacial score (nSPS) is 11.3. The maximum Gasteiger partial charge on any atom is 0.251 e. The largest absolute Gasteiger partial charge is 0.352 e. The highest BCUT2D eigenvalue weighted by atomic mass is 35.5. The minimum absolute atomic E-state index is 0.0258. The minimum atomic E-state index is -3.59. The van der Waals surface area contributed by atoms with E-state index in [9.17, 15) is 13.2 Å². The second kappa shape index (κ2) is 10.2. The lowest BCUT2D eigenvalue weighted by molar-refractivity contribution is 0.0952. The van der Waals surface area contributed by atoms with Crippen LogP contribution in [-0.2, 0) is 23.1 Å². The van der Waals surface area contributed by atoms with Crippen LogP contribution in [0.25, 0.3) is 0 Å². The van der Waals surface area contributed by atoms with Gasteiger partial charge in [0.25, 0.3) is 5.91 Å². The molecule has 0 spiro atoms. The highest BCUT2D eigenvalue weighted by Crippen LogP contribution is 2.29. The van der Waals surface area contributed by atoms with Crippen LogP contribution < -0.4 is 9.62 Å². The summed E-state index contributed by atoms with van der Waals surface area (Å²) in [5, 5.41) is 3.52. The number of nitrogens with one attached hydrogen (secondary N) is 1. The molecule has 1 amide bonds. The monoisotopic (exact) mass is 480 g/mol. The fraction of sp³-hybridized carbons (Fsp3) is 0.238. The van der Waals surface area contributed by atoms with Crippen LogP contribution in [0.2, 0.25) is 10.0 Å². The summed E-state index contributed by atoms with van der Waals surface area (Å²) in [6, 6.07) is 11.5. The van der Waals surface area contributed by atoms with Crippen LogP contribution in [0.4, 0.5) is 5.69 Å². The minimum Gasteiger partial charge on any atom is -0.352 e. The first-order chi connectivity index (χ1) is 14.8. The SMILES string of the molecule is CS(=O)(=O)N(Cc1cccc(Cl)c1Cl)c1ccc(C(=O)NCCCn2ccnc2)cc1. The molecular formula is C21H22Cl2N4O3S. The number of carbonyl (C=O) groups is 1. The molecule has 2 aromatic carbocycles. The molecule has 1 heterocycles. The molecule has 3 rings (SSSR count). The Morgan fingerprint density at radius 1 is 1.16 bits per heavy atom. The third-order valence-electron chi connectivity index (χ3n) is 4.60. The van der Waals surface area contributed by atoms with Crippen LogP contribution in [-0.4, -0.2) is 36.7 Å². The lowest BCUT2D eigenvalue weighted by Gasteiger charge is -2.23. The predicted octanol–water partition coefficient (Wildman–Crippen LogP) is 3.98. The highest BCUT2D eigenvalue weighted by Gasteiger charge is 2.20. The Morgan fingerprint density at radius 3 is 2.55 bits per heavy atom. The molecule has 7 nitrogen and oxygen atoms in total. The van der Waals surface area contributed by atoms with Gasteiger partial charge in [-0.2, -0.15) is 0 Å². The molecule has 10 heteroatoms. The summed E-state index contributed by atoms with van der Waals surface area (Å²) in [6.07, 6.45) is 7.18. The van der Waals surface area contributed by atoms with Crippen molar-refractivity contribution in [1.29, 1.82) is 0 Å². The fourth-order valence-electron chi connectivity index (χ4n) is 2.99. The van der Waals surface area contributed by atoms with Gasteiger partial charge in [0.2, 0.25) is 10.0 Å². The molecule has 1 N–H and O–H groups in total. The Kier molecular flexibility index (Phi) is 7.59. The van der Waals surface area contributed by atoms with Gasteiger partial charge in [-0.15, -0.1) is 0 Å². The molecule has 0 aliphatic heterocycles. The van der Waals surface area contributed by atoms with Crippen LogP contribution >= 0.6 is 23.2 Å². The average molecular weight is 481 g/mol. The summed E-state index contributed by atoms with van der Waals surface area (Å²) in [4.78, 5) is 16.3. The topological polar surface area (TPSA) is 84.3 Å². The molecule has 0 fully saturated rings. The van der Waals surface area contributed by atoms with E-state index >= 15 is 0 Å². The average Bonchev–Trinajstić information content (AvgIpc) is 3.25. The van der Waals surface area contributed by atoms with Crippen molar-refractivity contribution in [2.75, 3.05) is 17.1 Å². The Bertz CT molecular complexity index is 1130. The quantitative estimate of drug-likeness (QED) is 0.469. The van der Waals surface area contributed by atoms with E-state index in [0.717, 1.165) is 19.2 Å². The molecular weight excluding hydrogens is 459 g/mol. The van der Waals surface area contributed by atoms with Crippen molar-refractivity contribution in [1.82, 2.24) is 14.9 Å². The van der Waals surface area contributed by atoms with E-state index in [-0.39, 0.29) is 12.5 Å². The number of rotatable bonds is 9. The van der Waals surface area contributed by atoms with E-state index in [1.54, 1.807) is 55.0 Å². The molecule has 164 valence electrons. The number of amides is 1. The summed E-state index contributed by atoms with van der Waals surface area (Å²) < 4.78 is 27.9. The van der Waals surface area contributed by atoms with Crippen LogP contribution in [0.3, 0.4) is 0 Å². The number of sulfonamides is 1. The van der Waals surface area contributed by atoms with Gasteiger partial charge in [-0.1, -0.05) is 35.3 Å². The van der Waals surface area contributed by atoms with E-state index in [0.29, 0.717) is 33.4 Å². The number of anilines is 1. The van der Waals surface area contributed by atoms with Gasteiger partial charge >= 0.3 is 0 Å². The number of benzene rings is 2. The highest BCUT2D eigenvalue weighted by molar-refractivity contribution is 7.92. The van der Waals surface area contributed by atoms with Crippen molar-refractivity contribution in [3.8, 4) is 0 Å². The Morgan fingerprint density at radius 2 is 1.90 bits per heavy atom. The van der Waals surface area contributed by atoms with Crippen LogP contribution in [0, 0.1) is 0 Å². The third kappa shape index (κ3) is 6.22. The van der Waals surface area contributed by atoms with E-state index < -0.39 is 10.0 Å². The molecule has 0 aliphatic carbocycles. The molecule has 0 atom stereocenters. The maximum absolute atomic E-state index is 12.4. The summed E-state index contributed by atoms with van der Waals surface area (Å²) in [5.74, 6) is -0.221. The number of carbonyl (C=O) groups excluding carboxylic acids is 1. The zero-order chi connectivity index (χ0) is 22.4. The zero-order valence-electron chi connectivity index (χ0n) is 16.8. The fourth-order valence-corrected chi connectivity index (χ4v) is 4.25. The molecule has 0 radical (unpaired) electrons. The molecule has 1 aromatic heterocycles. The molecule has 0 aliphatic rings. The maximum atomic E-state index is 12.4. The third-order valence-corrected chi connectivity index (χ3v) is 6.60. The molecule has 31 heavy (non-hydrogen) atoms. The van der Waals surface area contributed by atoms with Gasteiger partial charge in [0, 0.05) is 31.0 Å². The number of hydrogen-bond acceptors (Lipinski definition) is 4. The standard InChI is InChI=1S/C21H22Cl2N4O3S/c1-31(29,30)27(14-17-4-2-5-19(22)20(17)23)18-8-6-16(7-9-18)21(28)25-10-3-12-26-13-11-24-15-26/h2,4-9,11,13,15H,3,10,12,14H2,1H3,(H,25,28). The first-order valence-corrected chi connectivity index (χ1v) is 12.1. The van der Waals surface area contributed by atoms with Crippen molar-refractivity contribution in [3.05, 3.63) is 82.4 Å². The zero-order valence-corrected chi connectivity index (χ0v) is 19.2. The number of hydrogen-bond donors (Lipinski definition) is 1. The number of imidazole rings is 1. The number of nitrogens with zero attached hydrogens (tertiary/aromatic N) is 3. The van der Waals surface area contributed by atoms with Crippen LogP contribution in [0.1, 0.15) is 22.3 Å². The number of aromatic nitrogens is 2. The van der Waals surface area contributed by atoms with Crippen LogP contribution in [0.15, 0.2) is 61.2 Å². The van der Waals surface area contributed by atoms with E-state index in [2.05, 4.69) is 10.3 Å². The molecule has 0 unspecified atom stereocenters. The molecule has 0 saturated carbocycles. The van der Waals surface area contributed by atoms with Gasteiger partial charge in [0.15, 0.2) is 0 Å². The molecule has 3 aromatic rings. The summed E-state index contributed by atoms with van der Waals surface area (Å²) in [6.45, 7) is 1.30. The second-order valence-electron chi connectivity index (χ2n) is 6.94. The smallest absolute Gasteiger partial charge is 0.251 e. The molecule has 0 saturated heterocycles. The van der Waals surface area contributed by atoms with Gasteiger partial charge in [0.05, 0.1) is 34.9 Å². The summed E-state index contributed by atoms with van der Waals surface area (Å²) >= 11 is 12.3. The van der Waals surface area contributed by atoms with Crippen molar-refractivity contribution < 1.29 is 13.2 Å². The second-order valence-corrected chi connectivity index (χ2v) is 9.63. The Labute approximate surface area is 191 Å². The first kappa shape index (κ1) is 23.1. The van der Waals surface area contributed by atoms with Gasteiger partial charge < -0.3 is 9.88 Å².